The highest BCUT2D eigenvalue weighted by Crippen LogP contribution is 1.93. The maximum absolute atomic E-state index is 10.1. The molecule has 0 aromatic carbocycles. The van der Waals surface area contributed by atoms with Crippen LogP contribution in [0.3, 0.4) is 0 Å². The summed E-state index contributed by atoms with van der Waals surface area (Å²) in [5, 5.41) is 2.68. The van der Waals surface area contributed by atoms with Gasteiger partial charge in [0.2, 0.25) is 5.91 Å². The molecule has 0 radical (unpaired) electrons. The zero-order valence-electron chi connectivity index (χ0n) is 8.32. The van der Waals surface area contributed by atoms with Gasteiger partial charge in [0.15, 0.2) is 0 Å². The Balaban J connectivity index is 0.000000249. The molecule has 0 spiro atoms. The number of nitrogens with one attached hydrogen (secondary N) is 1. The number of amides is 1. The van der Waals surface area contributed by atoms with Crippen molar-refractivity contribution in [1.29, 1.82) is 0 Å². The van der Waals surface area contributed by atoms with Gasteiger partial charge in [0.1, 0.15) is 0 Å². The predicted molar refractivity (Wildman–Crippen MR) is 53.6 cm³/mol. The molecule has 0 saturated carbocycles. The predicted octanol–water partition coefficient (Wildman–Crippen LogP) is 0.571. The lowest BCUT2D eigenvalue weighted by Gasteiger charge is -1.90. The molecule has 0 bridgehead atoms. The van der Waals surface area contributed by atoms with Crippen LogP contribution in [0.15, 0.2) is 0 Å². The summed E-state index contributed by atoms with van der Waals surface area (Å²) >= 11 is 0. The number of hydrogen-bond donors (Lipinski definition) is 2. The zero-order valence-corrected chi connectivity index (χ0v) is 9.14. The molecule has 0 aromatic heterocycles. The van der Waals surface area contributed by atoms with Crippen LogP contribution >= 0.6 is 0 Å². The van der Waals surface area contributed by atoms with E-state index in [2.05, 4.69) is 5.32 Å². The second-order valence-electron chi connectivity index (χ2n) is 3.09. The molecule has 0 atom stereocenters. The molecule has 6 heteroatoms. The minimum absolute atomic E-state index is 0.108. The van der Waals surface area contributed by atoms with E-state index in [0.717, 1.165) is 25.8 Å². The van der Waals surface area contributed by atoms with Crippen molar-refractivity contribution >= 4 is 16.0 Å². The van der Waals surface area contributed by atoms with Crippen LogP contribution in [0.1, 0.15) is 32.6 Å². The highest BCUT2D eigenvalue weighted by molar-refractivity contribution is 7.85. The van der Waals surface area contributed by atoms with E-state index in [1.54, 1.807) is 0 Å². The smallest absolute Gasteiger partial charge is 0.264 e. The van der Waals surface area contributed by atoms with Gasteiger partial charge in [-0.15, -0.1) is 0 Å². The Labute approximate surface area is 84.6 Å². The molecule has 5 nitrogen and oxygen atoms in total. The average molecular weight is 223 g/mol. The van der Waals surface area contributed by atoms with Gasteiger partial charge in [0, 0.05) is 13.0 Å². The van der Waals surface area contributed by atoms with Crippen molar-refractivity contribution in [2.24, 2.45) is 0 Å². The Bertz CT molecular complexity index is 253. The summed E-state index contributed by atoms with van der Waals surface area (Å²) in [5.74, 6) is 0.0961. The summed E-state index contributed by atoms with van der Waals surface area (Å²) < 4.78 is 28.0. The van der Waals surface area contributed by atoms with Crippen LogP contribution in [0.2, 0.25) is 0 Å². The first-order valence-electron chi connectivity index (χ1n) is 4.67. The van der Waals surface area contributed by atoms with E-state index in [9.17, 15) is 13.2 Å². The first-order chi connectivity index (χ1) is 6.45. The second kappa shape index (κ2) is 6.78. The summed E-state index contributed by atoms with van der Waals surface area (Å²) in [7, 11) is -3.69. The lowest BCUT2D eigenvalue weighted by Crippen LogP contribution is -2.12. The van der Waals surface area contributed by atoms with Gasteiger partial charge in [-0.3, -0.25) is 9.35 Å². The number of carbonyl (C=O) groups is 1. The highest BCUT2D eigenvalue weighted by atomic mass is 32.2. The van der Waals surface area contributed by atoms with Gasteiger partial charge in [-0.2, -0.15) is 8.42 Å². The summed E-state index contributed by atoms with van der Waals surface area (Å²) in [6.45, 7) is 2.75. The Morgan fingerprint density at radius 3 is 2.29 bits per heavy atom. The summed E-state index contributed by atoms with van der Waals surface area (Å²) in [6, 6.07) is 0. The number of carbonyl (C=O) groups excluding carboxylic acids is 1. The molecule has 1 aliphatic rings. The number of unbranched alkanes of at least 4 members (excludes halogenated alkanes) is 1. The van der Waals surface area contributed by atoms with Crippen LogP contribution in [0.4, 0.5) is 0 Å². The fourth-order valence-electron chi connectivity index (χ4n) is 0.892. The fourth-order valence-corrected chi connectivity index (χ4v) is 1.55. The normalized spacial score (nSPS) is 15.7. The first-order valence-corrected chi connectivity index (χ1v) is 6.28. The van der Waals surface area contributed by atoms with E-state index < -0.39 is 10.1 Å². The molecule has 14 heavy (non-hydrogen) atoms. The van der Waals surface area contributed by atoms with Crippen LogP contribution in [0.25, 0.3) is 0 Å². The molecule has 1 saturated heterocycles. The lowest BCUT2D eigenvalue weighted by atomic mass is 10.4. The summed E-state index contributed by atoms with van der Waals surface area (Å²) in [4.78, 5) is 10.1. The van der Waals surface area contributed by atoms with E-state index in [1.165, 1.54) is 0 Å². The van der Waals surface area contributed by atoms with Crippen LogP contribution < -0.4 is 5.32 Å². The fraction of sp³-hybridized carbons (Fsp3) is 0.875. The molecular weight excluding hydrogens is 206 g/mol. The lowest BCUT2D eigenvalue weighted by molar-refractivity contribution is -0.119. The van der Waals surface area contributed by atoms with E-state index in [-0.39, 0.29) is 11.7 Å². The third kappa shape index (κ3) is 9.47. The van der Waals surface area contributed by atoms with Crippen LogP contribution in [0, 0.1) is 0 Å². The van der Waals surface area contributed by atoms with Gasteiger partial charge in [0.05, 0.1) is 5.75 Å². The van der Waals surface area contributed by atoms with Crippen molar-refractivity contribution in [3.05, 3.63) is 0 Å². The van der Waals surface area contributed by atoms with E-state index in [0.29, 0.717) is 6.42 Å². The molecule has 1 heterocycles. The van der Waals surface area contributed by atoms with Crippen molar-refractivity contribution < 1.29 is 17.8 Å². The minimum Gasteiger partial charge on any atom is -0.356 e. The third-order valence-electron chi connectivity index (χ3n) is 1.66. The van der Waals surface area contributed by atoms with Crippen LogP contribution in [-0.4, -0.2) is 31.2 Å². The van der Waals surface area contributed by atoms with Gasteiger partial charge in [-0.25, -0.2) is 0 Å². The van der Waals surface area contributed by atoms with E-state index in [4.69, 9.17) is 4.55 Å². The van der Waals surface area contributed by atoms with Gasteiger partial charge in [0.25, 0.3) is 10.1 Å². The molecule has 1 fully saturated rings. The SMILES string of the molecule is CCCCS(=O)(=O)O.O=C1CCCN1. The summed E-state index contributed by atoms with van der Waals surface area (Å²) in [6.07, 6.45) is 3.09. The second-order valence-corrected chi connectivity index (χ2v) is 4.67. The Kier molecular flexibility index (Phi) is 6.48. The molecule has 0 unspecified atom stereocenters. The topological polar surface area (TPSA) is 83.5 Å². The maximum Gasteiger partial charge on any atom is 0.264 e. The highest BCUT2D eigenvalue weighted by Gasteiger charge is 2.05. The molecular formula is C8H17NO4S. The van der Waals surface area contributed by atoms with Crippen molar-refractivity contribution in [1.82, 2.24) is 5.32 Å². The van der Waals surface area contributed by atoms with Gasteiger partial charge in [-0.1, -0.05) is 13.3 Å². The zero-order chi connectivity index (χ0) is 11.0. The van der Waals surface area contributed by atoms with Crippen molar-refractivity contribution in [2.75, 3.05) is 12.3 Å². The van der Waals surface area contributed by atoms with Crippen molar-refractivity contribution in [3.63, 3.8) is 0 Å². The molecule has 0 aliphatic carbocycles. The molecule has 1 aliphatic heterocycles. The monoisotopic (exact) mass is 223 g/mol. The molecule has 2 N–H and O–H groups in total. The standard InChI is InChI=1S/C4H7NO.C4H10O3S/c6-4-2-1-3-5-4;1-2-3-4-8(5,6)7/h1-3H2,(H,5,6);2-4H2,1H3,(H,5,6,7). The van der Waals surface area contributed by atoms with Crippen molar-refractivity contribution in [2.45, 2.75) is 32.6 Å². The third-order valence-corrected chi connectivity index (χ3v) is 2.46. The quantitative estimate of drug-likeness (QED) is 0.685. The molecule has 1 amide bonds. The van der Waals surface area contributed by atoms with Crippen molar-refractivity contribution in [3.8, 4) is 0 Å². The molecule has 84 valence electrons. The molecule has 1 rings (SSSR count). The largest absolute Gasteiger partial charge is 0.356 e. The van der Waals surface area contributed by atoms with E-state index >= 15 is 0 Å². The van der Waals surface area contributed by atoms with Gasteiger partial charge in [-0.05, 0) is 12.8 Å². The van der Waals surface area contributed by atoms with Crippen LogP contribution in [-0.2, 0) is 14.9 Å². The van der Waals surface area contributed by atoms with Gasteiger partial charge >= 0.3 is 0 Å². The Morgan fingerprint density at radius 1 is 1.50 bits per heavy atom. The number of rotatable bonds is 3. The van der Waals surface area contributed by atoms with E-state index in [1.807, 2.05) is 6.92 Å². The maximum atomic E-state index is 10.1. The Hall–Kier alpha value is -0.620. The summed E-state index contributed by atoms with van der Waals surface area (Å²) in [5.41, 5.74) is 0. The minimum atomic E-state index is -3.69. The average Bonchev–Trinajstić information content (AvgIpc) is 2.52. The molecule has 0 aromatic rings. The number of hydrogen-bond acceptors (Lipinski definition) is 3. The first kappa shape index (κ1) is 13.4. The Morgan fingerprint density at radius 2 is 2.14 bits per heavy atom. The van der Waals surface area contributed by atoms with Gasteiger partial charge < -0.3 is 5.32 Å². The van der Waals surface area contributed by atoms with Crippen LogP contribution in [0.5, 0.6) is 0 Å².